The number of benzene rings is 1. The number of aliphatic hydroxyl groups excluding tert-OH is 1. The molecule has 0 aliphatic carbocycles. The molecular weight excluding hydrogens is 285 g/mol. The van der Waals surface area contributed by atoms with E-state index in [1.165, 1.54) is 0 Å². The highest BCUT2D eigenvalue weighted by molar-refractivity contribution is 6.42. The number of nitrogens with one attached hydrogen (secondary N) is 1. The van der Waals surface area contributed by atoms with Gasteiger partial charge in [-0.3, -0.25) is 0 Å². The number of rotatable bonds is 7. The van der Waals surface area contributed by atoms with E-state index in [4.69, 9.17) is 27.9 Å². The van der Waals surface area contributed by atoms with E-state index in [1.807, 2.05) is 12.1 Å². The molecule has 0 aliphatic heterocycles. The molecule has 0 saturated heterocycles. The average molecular weight is 306 g/mol. The quantitative estimate of drug-likeness (QED) is 0.812. The van der Waals surface area contributed by atoms with Crippen LogP contribution < -0.4 is 5.32 Å². The van der Waals surface area contributed by atoms with Gasteiger partial charge in [-0.15, -0.1) is 0 Å². The fraction of sp³-hybridized carbons (Fsp3) is 0.571. The summed E-state index contributed by atoms with van der Waals surface area (Å²) in [6.45, 7) is 5.02. The van der Waals surface area contributed by atoms with Crippen molar-refractivity contribution in [1.29, 1.82) is 0 Å². The fourth-order valence-corrected chi connectivity index (χ4v) is 2.27. The third-order valence-electron chi connectivity index (χ3n) is 2.90. The van der Waals surface area contributed by atoms with Crippen molar-refractivity contribution in [3.8, 4) is 0 Å². The van der Waals surface area contributed by atoms with Gasteiger partial charge in [0.25, 0.3) is 0 Å². The zero-order valence-corrected chi connectivity index (χ0v) is 13.0. The van der Waals surface area contributed by atoms with E-state index >= 15 is 0 Å². The minimum Gasteiger partial charge on any atom is -0.389 e. The van der Waals surface area contributed by atoms with Gasteiger partial charge in [-0.2, -0.15) is 0 Å². The molecule has 0 saturated carbocycles. The van der Waals surface area contributed by atoms with Gasteiger partial charge in [0, 0.05) is 19.7 Å². The van der Waals surface area contributed by atoms with Crippen molar-refractivity contribution in [2.24, 2.45) is 5.92 Å². The molecule has 0 aromatic heterocycles. The van der Waals surface area contributed by atoms with Crippen molar-refractivity contribution < 1.29 is 9.84 Å². The smallest absolute Gasteiger partial charge is 0.0897 e. The molecule has 0 spiro atoms. The van der Waals surface area contributed by atoms with E-state index in [2.05, 4.69) is 19.2 Å². The number of ether oxygens (including phenoxy) is 1. The van der Waals surface area contributed by atoms with E-state index in [1.54, 1.807) is 13.2 Å². The third-order valence-corrected chi connectivity index (χ3v) is 3.64. The molecule has 1 aromatic carbocycles. The van der Waals surface area contributed by atoms with Gasteiger partial charge in [-0.1, -0.05) is 43.1 Å². The molecule has 3 nitrogen and oxygen atoms in total. The maximum atomic E-state index is 9.69. The zero-order chi connectivity index (χ0) is 14.4. The Kier molecular flexibility index (Phi) is 7.11. The van der Waals surface area contributed by atoms with E-state index in [0.717, 1.165) is 5.56 Å². The van der Waals surface area contributed by atoms with Crippen molar-refractivity contribution in [2.75, 3.05) is 20.3 Å². The SMILES string of the molecule is COCC(O)CNC(c1ccc(Cl)c(Cl)c1)C(C)C. The minimum atomic E-state index is -0.519. The molecule has 0 aliphatic rings. The van der Waals surface area contributed by atoms with Crippen LogP contribution in [0, 0.1) is 5.92 Å². The van der Waals surface area contributed by atoms with Gasteiger partial charge in [0.05, 0.1) is 22.8 Å². The van der Waals surface area contributed by atoms with Crippen LogP contribution in [0.3, 0.4) is 0 Å². The van der Waals surface area contributed by atoms with Gasteiger partial charge in [-0.05, 0) is 23.6 Å². The van der Waals surface area contributed by atoms with Crippen LogP contribution >= 0.6 is 23.2 Å². The summed E-state index contributed by atoms with van der Waals surface area (Å²) in [7, 11) is 1.57. The van der Waals surface area contributed by atoms with Crippen LogP contribution in [0.25, 0.3) is 0 Å². The largest absolute Gasteiger partial charge is 0.389 e. The maximum absolute atomic E-state index is 9.69. The number of hydrogen-bond donors (Lipinski definition) is 2. The summed E-state index contributed by atoms with van der Waals surface area (Å²) in [4.78, 5) is 0. The number of hydrogen-bond acceptors (Lipinski definition) is 3. The molecule has 2 unspecified atom stereocenters. The van der Waals surface area contributed by atoms with Crippen molar-refractivity contribution >= 4 is 23.2 Å². The van der Waals surface area contributed by atoms with Crippen molar-refractivity contribution in [1.82, 2.24) is 5.32 Å². The Hall–Kier alpha value is -0.320. The van der Waals surface area contributed by atoms with E-state index in [9.17, 15) is 5.11 Å². The minimum absolute atomic E-state index is 0.112. The predicted octanol–water partition coefficient (Wildman–Crippen LogP) is 3.29. The summed E-state index contributed by atoms with van der Waals surface area (Å²) in [5, 5.41) is 14.1. The molecule has 5 heteroatoms. The Morgan fingerprint density at radius 1 is 1.26 bits per heavy atom. The molecule has 108 valence electrons. The Morgan fingerprint density at radius 3 is 2.47 bits per heavy atom. The van der Waals surface area contributed by atoms with Crippen LogP contribution in [0.15, 0.2) is 18.2 Å². The van der Waals surface area contributed by atoms with Crippen LogP contribution in [-0.4, -0.2) is 31.5 Å². The number of methoxy groups -OCH3 is 1. The Bertz CT molecular complexity index is 399. The average Bonchev–Trinajstić information content (AvgIpc) is 2.33. The van der Waals surface area contributed by atoms with Gasteiger partial charge >= 0.3 is 0 Å². The molecule has 19 heavy (non-hydrogen) atoms. The summed E-state index contributed by atoms with van der Waals surface area (Å²) in [5.41, 5.74) is 1.06. The lowest BCUT2D eigenvalue weighted by Crippen LogP contribution is -2.35. The van der Waals surface area contributed by atoms with Crippen molar-refractivity contribution in [2.45, 2.75) is 26.0 Å². The van der Waals surface area contributed by atoms with Crippen LogP contribution in [0.5, 0.6) is 0 Å². The molecule has 0 amide bonds. The van der Waals surface area contributed by atoms with Gasteiger partial charge in [-0.25, -0.2) is 0 Å². The van der Waals surface area contributed by atoms with Crippen LogP contribution in [0.1, 0.15) is 25.5 Å². The maximum Gasteiger partial charge on any atom is 0.0897 e. The molecule has 0 fully saturated rings. The van der Waals surface area contributed by atoms with Gasteiger partial charge < -0.3 is 15.2 Å². The molecule has 2 N–H and O–H groups in total. The summed E-state index contributed by atoms with van der Waals surface area (Å²) in [6.07, 6.45) is -0.519. The third kappa shape index (κ3) is 5.28. The first kappa shape index (κ1) is 16.7. The van der Waals surface area contributed by atoms with Gasteiger partial charge in [0.2, 0.25) is 0 Å². The lowest BCUT2D eigenvalue weighted by Gasteiger charge is -2.24. The Morgan fingerprint density at radius 2 is 1.95 bits per heavy atom. The first-order chi connectivity index (χ1) is 8.95. The highest BCUT2D eigenvalue weighted by Crippen LogP contribution is 2.28. The topological polar surface area (TPSA) is 41.5 Å². The molecule has 1 aromatic rings. The lowest BCUT2D eigenvalue weighted by atomic mass is 9.96. The normalized spacial score (nSPS) is 14.7. The predicted molar refractivity (Wildman–Crippen MR) is 79.9 cm³/mol. The summed E-state index contributed by atoms with van der Waals surface area (Å²) in [6, 6.07) is 5.72. The van der Waals surface area contributed by atoms with E-state index in [0.29, 0.717) is 29.1 Å². The van der Waals surface area contributed by atoms with Gasteiger partial charge in [0.1, 0.15) is 0 Å². The fourth-order valence-electron chi connectivity index (χ4n) is 1.96. The second kappa shape index (κ2) is 8.08. The number of aliphatic hydroxyl groups is 1. The van der Waals surface area contributed by atoms with Crippen LogP contribution in [0.4, 0.5) is 0 Å². The first-order valence-corrected chi connectivity index (χ1v) is 7.06. The van der Waals surface area contributed by atoms with Crippen LogP contribution in [0.2, 0.25) is 10.0 Å². The summed E-state index contributed by atoms with van der Waals surface area (Å²) in [5.74, 6) is 0.368. The zero-order valence-electron chi connectivity index (χ0n) is 11.5. The summed E-state index contributed by atoms with van der Waals surface area (Å²) < 4.78 is 4.91. The Labute approximate surface area is 124 Å². The second-order valence-electron chi connectivity index (χ2n) is 4.91. The second-order valence-corrected chi connectivity index (χ2v) is 5.73. The van der Waals surface area contributed by atoms with Crippen molar-refractivity contribution in [3.63, 3.8) is 0 Å². The lowest BCUT2D eigenvalue weighted by molar-refractivity contribution is 0.0615. The van der Waals surface area contributed by atoms with Crippen molar-refractivity contribution in [3.05, 3.63) is 33.8 Å². The van der Waals surface area contributed by atoms with E-state index in [-0.39, 0.29) is 6.04 Å². The highest BCUT2D eigenvalue weighted by Gasteiger charge is 2.17. The standard InChI is InChI=1S/C14H21Cl2NO2/c1-9(2)14(17-7-11(18)8-19-3)10-4-5-12(15)13(16)6-10/h4-6,9,11,14,17-18H,7-8H2,1-3H3. The van der Waals surface area contributed by atoms with Crippen LogP contribution in [-0.2, 0) is 4.74 Å². The number of halogens is 2. The molecule has 0 bridgehead atoms. The molecule has 0 radical (unpaired) electrons. The summed E-state index contributed by atoms with van der Waals surface area (Å²) >= 11 is 12.0. The molecule has 2 atom stereocenters. The first-order valence-electron chi connectivity index (χ1n) is 6.31. The monoisotopic (exact) mass is 305 g/mol. The molecule has 1 rings (SSSR count). The molecular formula is C14H21Cl2NO2. The van der Waals surface area contributed by atoms with Gasteiger partial charge in [0.15, 0.2) is 0 Å². The molecule has 0 heterocycles. The highest BCUT2D eigenvalue weighted by atomic mass is 35.5. The van der Waals surface area contributed by atoms with E-state index < -0.39 is 6.10 Å². The Balaban J connectivity index is 2.74.